The number of carbonyl (C=O) groups is 1. The van der Waals surface area contributed by atoms with Crippen molar-refractivity contribution in [3.05, 3.63) is 48.0 Å². The van der Waals surface area contributed by atoms with Crippen molar-refractivity contribution in [3.63, 3.8) is 0 Å². The first kappa shape index (κ1) is 19.1. The zero-order valence-corrected chi connectivity index (χ0v) is 16.3. The number of benzene rings is 2. The number of hydrogen-bond donors (Lipinski definition) is 1. The quantitative estimate of drug-likeness (QED) is 0.630. The molecule has 7 heteroatoms. The van der Waals surface area contributed by atoms with E-state index in [0.717, 1.165) is 16.3 Å². The Labute approximate surface area is 153 Å². The van der Waals surface area contributed by atoms with E-state index in [-0.39, 0.29) is 18.4 Å². The van der Waals surface area contributed by atoms with Crippen molar-refractivity contribution in [1.29, 1.82) is 0 Å². The number of methoxy groups -OCH3 is 1. The zero-order chi connectivity index (χ0) is 18.9. The van der Waals surface area contributed by atoms with Crippen LogP contribution < -0.4 is 5.32 Å². The van der Waals surface area contributed by atoms with E-state index in [1.54, 1.807) is 6.92 Å². The second-order valence-electron chi connectivity index (χ2n) is 6.70. The number of carbonyl (C=O) groups excluding carboxylic acids is 1. The SMILES string of the molecule is COC(=O)[C@@H]1C[C@](C)(P(=O)(OC)OC)N[C@@H]1c1ccc2ccccc2c1. The lowest BCUT2D eigenvalue weighted by Gasteiger charge is -2.31. The number of hydrogen-bond acceptors (Lipinski definition) is 6. The third-order valence-corrected chi connectivity index (χ3v) is 7.69. The summed E-state index contributed by atoms with van der Waals surface area (Å²) in [5.74, 6) is -0.845. The van der Waals surface area contributed by atoms with E-state index in [9.17, 15) is 9.36 Å². The van der Waals surface area contributed by atoms with Crippen LogP contribution in [0, 0.1) is 5.92 Å². The van der Waals surface area contributed by atoms with Gasteiger partial charge in [0.1, 0.15) is 5.28 Å². The van der Waals surface area contributed by atoms with Crippen molar-refractivity contribution in [3.8, 4) is 0 Å². The van der Waals surface area contributed by atoms with Gasteiger partial charge in [-0.05, 0) is 35.7 Å². The van der Waals surface area contributed by atoms with E-state index < -0.39 is 18.8 Å². The molecule has 26 heavy (non-hydrogen) atoms. The topological polar surface area (TPSA) is 73.9 Å². The Morgan fingerprint density at radius 3 is 2.38 bits per heavy atom. The van der Waals surface area contributed by atoms with Crippen LogP contribution in [0.5, 0.6) is 0 Å². The third-order valence-electron chi connectivity index (χ3n) is 5.21. The number of fused-ring (bicyclic) bond motifs is 1. The molecule has 0 bridgehead atoms. The number of ether oxygens (including phenoxy) is 1. The molecule has 1 fully saturated rings. The van der Waals surface area contributed by atoms with E-state index in [4.69, 9.17) is 13.8 Å². The summed E-state index contributed by atoms with van der Waals surface area (Å²) in [6.07, 6.45) is 0.288. The van der Waals surface area contributed by atoms with Crippen molar-refractivity contribution >= 4 is 24.3 Å². The molecule has 0 spiro atoms. The number of esters is 1. The largest absolute Gasteiger partial charge is 0.469 e. The van der Waals surface area contributed by atoms with E-state index in [1.165, 1.54) is 21.3 Å². The maximum atomic E-state index is 13.1. The Morgan fingerprint density at radius 1 is 1.12 bits per heavy atom. The second-order valence-corrected chi connectivity index (χ2v) is 9.41. The molecule has 2 aromatic rings. The molecule has 6 nitrogen and oxygen atoms in total. The van der Waals surface area contributed by atoms with Crippen molar-refractivity contribution in [2.24, 2.45) is 5.92 Å². The predicted molar refractivity (Wildman–Crippen MR) is 100.0 cm³/mol. The van der Waals surface area contributed by atoms with Crippen LogP contribution >= 0.6 is 7.60 Å². The van der Waals surface area contributed by atoms with Crippen LogP contribution in [-0.2, 0) is 23.1 Å². The van der Waals surface area contributed by atoms with Crippen LogP contribution in [0.4, 0.5) is 0 Å². The van der Waals surface area contributed by atoms with Gasteiger partial charge in [0.25, 0.3) is 0 Å². The molecule has 1 N–H and O–H groups in total. The summed E-state index contributed by atoms with van der Waals surface area (Å²) in [7, 11) is 0.620. The van der Waals surface area contributed by atoms with Gasteiger partial charge in [-0.1, -0.05) is 36.4 Å². The first-order chi connectivity index (χ1) is 12.4. The molecular weight excluding hydrogens is 353 g/mol. The third kappa shape index (κ3) is 3.08. The van der Waals surface area contributed by atoms with Gasteiger partial charge in [-0.2, -0.15) is 0 Å². The molecule has 1 aliphatic rings. The van der Waals surface area contributed by atoms with Crippen LogP contribution in [0.1, 0.15) is 24.9 Å². The van der Waals surface area contributed by atoms with Gasteiger partial charge in [-0.15, -0.1) is 0 Å². The Kier molecular flexibility index (Phi) is 5.22. The van der Waals surface area contributed by atoms with Gasteiger partial charge >= 0.3 is 13.6 Å². The average Bonchev–Trinajstić information content (AvgIpc) is 3.05. The summed E-state index contributed by atoms with van der Waals surface area (Å²) in [5, 5.41) is 4.54. The minimum absolute atomic E-state index is 0.288. The van der Waals surface area contributed by atoms with E-state index in [0.29, 0.717) is 0 Å². The first-order valence-corrected chi connectivity index (χ1v) is 9.97. The van der Waals surface area contributed by atoms with Gasteiger partial charge in [0.05, 0.1) is 13.0 Å². The fourth-order valence-electron chi connectivity index (χ4n) is 3.80. The summed E-state index contributed by atoms with van der Waals surface area (Å²) in [6, 6.07) is 13.7. The molecule has 3 atom stereocenters. The van der Waals surface area contributed by atoms with E-state index in [1.807, 2.05) is 42.5 Å². The van der Waals surface area contributed by atoms with Gasteiger partial charge in [0.2, 0.25) is 0 Å². The van der Waals surface area contributed by atoms with Crippen molar-refractivity contribution in [2.75, 3.05) is 21.3 Å². The highest BCUT2D eigenvalue weighted by molar-refractivity contribution is 7.55. The number of nitrogens with one attached hydrogen (secondary N) is 1. The van der Waals surface area contributed by atoms with E-state index in [2.05, 4.69) is 5.32 Å². The Balaban J connectivity index is 2.04. The highest BCUT2D eigenvalue weighted by Gasteiger charge is 2.56. The Morgan fingerprint density at radius 2 is 1.77 bits per heavy atom. The Hall–Kier alpha value is -1.72. The Bertz CT molecular complexity index is 862. The standard InChI is InChI=1S/C19H24NO5P/c1-19(26(22,24-3)25-4)12-16(18(21)23-2)17(20-19)15-10-9-13-7-5-6-8-14(13)11-15/h5-11,16-17,20H,12H2,1-4H3/t16-,17-,19+/m1/s1. The van der Waals surface area contributed by atoms with Crippen LogP contribution in [0.3, 0.4) is 0 Å². The van der Waals surface area contributed by atoms with Gasteiger partial charge in [-0.3, -0.25) is 14.7 Å². The minimum Gasteiger partial charge on any atom is -0.469 e. The molecule has 1 heterocycles. The van der Waals surface area contributed by atoms with Gasteiger partial charge in [0.15, 0.2) is 0 Å². The predicted octanol–water partition coefficient (Wildman–Crippen LogP) is 3.87. The molecule has 0 radical (unpaired) electrons. The maximum absolute atomic E-state index is 13.1. The van der Waals surface area contributed by atoms with Gasteiger partial charge in [0, 0.05) is 20.3 Å². The zero-order valence-electron chi connectivity index (χ0n) is 15.4. The molecule has 1 saturated heterocycles. The van der Waals surface area contributed by atoms with Crippen molar-refractivity contribution in [1.82, 2.24) is 5.32 Å². The highest BCUT2D eigenvalue weighted by Crippen LogP contribution is 2.63. The van der Waals surface area contributed by atoms with E-state index >= 15 is 0 Å². The number of rotatable bonds is 5. The lowest BCUT2D eigenvalue weighted by molar-refractivity contribution is -0.145. The molecule has 1 aliphatic heterocycles. The minimum atomic E-state index is -3.45. The summed E-state index contributed by atoms with van der Waals surface area (Å²) in [5.41, 5.74) is 0.932. The summed E-state index contributed by atoms with van der Waals surface area (Å²) in [6.45, 7) is 1.76. The lowest BCUT2D eigenvalue weighted by Crippen LogP contribution is -2.38. The summed E-state index contributed by atoms with van der Waals surface area (Å²) < 4.78 is 28.5. The van der Waals surface area contributed by atoms with Crippen molar-refractivity contribution < 1.29 is 23.1 Å². The van der Waals surface area contributed by atoms with Crippen LogP contribution in [0.15, 0.2) is 42.5 Å². The van der Waals surface area contributed by atoms with Crippen LogP contribution in [-0.4, -0.2) is 32.6 Å². The average molecular weight is 377 g/mol. The van der Waals surface area contributed by atoms with Crippen molar-refractivity contribution in [2.45, 2.75) is 24.7 Å². The summed E-state index contributed by atoms with van der Waals surface area (Å²) >= 11 is 0. The second kappa shape index (κ2) is 7.12. The molecule has 0 aliphatic carbocycles. The fourth-order valence-corrected chi connectivity index (χ4v) is 5.47. The lowest BCUT2D eigenvalue weighted by atomic mass is 9.92. The fraction of sp³-hybridized carbons (Fsp3) is 0.421. The first-order valence-electron chi connectivity index (χ1n) is 8.43. The molecule has 0 aromatic heterocycles. The molecule has 0 amide bonds. The molecule has 140 valence electrons. The van der Waals surface area contributed by atoms with Crippen LogP contribution in [0.25, 0.3) is 10.8 Å². The normalized spacial score (nSPS) is 26.2. The molecule has 3 rings (SSSR count). The van der Waals surface area contributed by atoms with Crippen LogP contribution in [0.2, 0.25) is 0 Å². The smallest absolute Gasteiger partial charge is 0.349 e. The van der Waals surface area contributed by atoms with Gasteiger partial charge in [-0.25, -0.2) is 0 Å². The molecule has 0 unspecified atom stereocenters. The highest BCUT2D eigenvalue weighted by atomic mass is 31.2. The monoisotopic (exact) mass is 377 g/mol. The molecular formula is C19H24NO5P. The summed E-state index contributed by atoms with van der Waals surface area (Å²) in [4.78, 5) is 12.4. The molecule has 0 saturated carbocycles. The molecule has 2 aromatic carbocycles. The van der Waals surface area contributed by atoms with Gasteiger partial charge < -0.3 is 13.8 Å². The maximum Gasteiger partial charge on any atom is 0.349 e.